The first-order chi connectivity index (χ1) is 9.38. The monoisotopic (exact) mass is 271 g/mol. The van der Waals surface area contributed by atoms with Crippen molar-refractivity contribution in [2.45, 2.75) is 19.9 Å². The van der Waals surface area contributed by atoms with Crippen molar-refractivity contribution in [1.29, 1.82) is 0 Å². The third-order valence-electron chi connectivity index (χ3n) is 2.57. The molecule has 1 rings (SSSR count). The number of hydrogen-bond acceptors (Lipinski definition) is 5. The van der Waals surface area contributed by atoms with Gasteiger partial charge in [0.1, 0.15) is 0 Å². The van der Waals surface area contributed by atoms with E-state index in [1.54, 1.807) is 13.3 Å². The molecular formula is C13H25N3O3. The summed E-state index contributed by atoms with van der Waals surface area (Å²) in [5.41, 5.74) is 0. The topological polar surface area (TPSA) is 57.5 Å². The molecule has 0 aliphatic carbocycles. The summed E-state index contributed by atoms with van der Waals surface area (Å²) in [6.07, 6.45) is 4.76. The maximum absolute atomic E-state index is 5.38. The SMILES string of the molecule is CCOCCCn1ccnc1NCCOCCOC. The van der Waals surface area contributed by atoms with Gasteiger partial charge in [0.2, 0.25) is 5.95 Å². The molecule has 0 radical (unpaired) electrons. The van der Waals surface area contributed by atoms with E-state index in [1.165, 1.54) is 0 Å². The lowest BCUT2D eigenvalue weighted by atomic mass is 10.4. The van der Waals surface area contributed by atoms with Crippen LogP contribution in [0.5, 0.6) is 0 Å². The highest BCUT2D eigenvalue weighted by molar-refractivity contribution is 5.25. The first-order valence-electron chi connectivity index (χ1n) is 6.78. The van der Waals surface area contributed by atoms with Gasteiger partial charge in [-0.3, -0.25) is 0 Å². The maximum atomic E-state index is 5.38. The second-order valence-electron chi connectivity index (χ2n) is 4.03. The molecule has 1 aromatic rings. The van der Waals surface area contributed by atoms with Crippen molar-refractivity contribution < 1.29 is 14.2 Å². The van der Waals surface area contributed by atoms with Crippen molar-refractivity contribution in [3.63, 3.8) is 0 Å². The van der Waals surface area contributed by atoms with Gasteiger partial charge in [-0.1, -0.05) is 0 Å². The molecule has 0 bridgehead atoms. The van der Waals surface area contributed by atoms with Gasteiger partial charge in [0.15, 0.2) is 0 Å². The number of methoxy groups -OCH3 is 1. The lowest BCUT2D eigenvalue weighted by Crippen LogP contribution is -2.15. The number of aromatic nitrogens is 2. The van der Waals surface area contributed by atoms with Crippen molar-refractivity contribution in [3.8, 4) is 0 Å². The van der Waals surface area contributed by atoms with Crippen molar-refractivity contribution in [3.05, 3.63) is 12.4 Å². The number of aryl methyl sites for hydroxylation is 1. The first kappa shape index (κ1) is 15.9. The smallest absolute Gasteiger partial charge is 0.202 e. The van der Waals surface area contributed by atoms with E-state index in [-0.39, 0.29) is 0 Å². The minimum absolute atomic E-state index is 0.626. The van der Waals surface area contributed by atoms with Crippen molar-refractivity contribution in [2.24, 2.45) is 0 Å². The summed E-state index contributed by atoms with van der Waals surface area (Å²) >= 11 is 0. The normalized spacial score (nSPS) is 10.8. The molecule has 0 spiro atoms. The molecule has 1 heterocycles. The summed E-state index contributed by atoms with van der Waals surface area (Å²) in [6.45, 7) is 7.12. The Balaban J connectivity index is 2.13. The van der Waals surface area contributed by atoms with Crippen LogP contribution in [0.15, 0.2) is 12.4 Å². The van der Waals surface area contributed by atoms with E-state index in [4.69, 9.17) is 14.2 Å². The first-order valence-corrected chi connectivity index (χ1v) is 6.78. The minimum atomic E-state index is 0.626. The molecule has 6 nitrogen and oxygen atoms in total. The average Bonchev–Trinajstić information content (AvgIpc) is 2.86. The molecule has 0 aliphatic rings. The van der Waals surface area contributed by atoms with Crippen LogP contribution < -0.4 is 5.32 Å². The van der Waals surface area contributed by atoms with E-state index in [2.05, 4.69) is 14.9 Å². The van der Waals surface area contributed by atoms with Gasteiger partial charge < -0.3 is 24.1 Å². The van der Waals surface area contributed by atoms with Crippen LogP contribution in [0.25, 0.3) is 0 Å². The number of ether oxygens (including phenoxy) is 3. The Bertz CT molecular complexity index is 318. The predicted molar refractivity (Wildman–Crippen MR) is 74.5 cm³/mol. The Kier molecular flexibility index (Phi) is 9.05. The number of imidazole rings is 1. The van der Waals surface area contributed by atoms with Crippen LogP contribution in [0.4, 0.5) is 5.95 Å². The summed E-state index contributed by atoms with van der Waals surface area (Å²) < 4.78 is 17.7. The Labute approximate surface area is 115 Å². The molecule has 0 unspecified atom stereocenters. The second-order valence-corrected chi connectivity index (χ2v) is 4.03. The highest BCUT2D eigenvalue weighted by Gasteiger charge is 2.01. The molecular weight excluding hydrogens is 246 g/mol. The number of anilines is 1. The van der Waals surface area contributed by atoms with E-state index in [0.717, 1.165) is 38.7 Å². The molecule has 1 aromatic heterocycles. The Morgan fingerprint density at radius 3 is 2.89 bits per heavy atom. The van der Waals surface area contributed by atoms with Crippen molar-refractivity contribution in [1.82, 2.24) is 9.55 Å². The Morgan fingerprint density at radius 1 is 1.21 bits per heavy atom. The Hall–Kier alpha value is -1.11. The van der Waals surface area contributed by atoms with E-state index in [1.807, 2.05) is 13.1 Å². The van der Waals surface area contributed by atoms with Gasteiger partial charge in [0.25, 0.3) is 0 Å². The highest BCUT2D eigenvalue weighted by atomic mass is 16.5. The lowest BCUT2D eigenvalue weighted by molar-refractivity contribution is 0.0758. The summed E-state index contributed by atoms with van der Waals surface area (Å²) in [6, 6.07) is 0. The van der Waals surface area contributed by atoms with Crippen LogP contribution in [0, 0.1) is 0 Å². The van der Waals surface area contributed by atoms with Crippen LogP contribution in [-0.2, 0) is 20.8 Å². The van der Waals surface area contributed by atoms with Crippen LogP contribution in [-0.4, -0.2) is 56.2 Å². The van der Waals surface area contributed by atoms with E-state index in [9.17, 15) is 0 Å². The zero-order chi connectivity index (χ0) is 13.8. The van der Waals surface area contributed by atoms with Gasteiger partial charge in [0, 0.05) is 45.8 Å². The fraction of sp³-hybridized carbons (Fsp3) is 0.769. The Morgan fingerprint density at radius 2 is 2.11 bits per heavy atom. The number of rotatable bonds is 12. The number of hydrogen-bond donors (Lipinski definition) is 1. The van der Waals surface area contributed by atoms with Gasteiger partial charge in [-0.15, -0.1) is 0 Å². The quantitative estimate of drug-likeness (QED) is 0.582. The summed E-state index contributed by atoms with van der Waals surface area (Å²) in [7, 11) is 1.67. The van der Waals surface area contributed by atoms with E-state index >= 15 is 0 Å². The summed E-state index contributed by atoms with van der Waals surface area (Å²) in [5.74, 6) is 0.881. The van der Waals surface area contributed by atoms with Gasteiger partial charge in [-0.25, -0.2) is 4.98 Å². The predicted octanol–water partition coefficient (Wildman–Crippen LogP) is 1.38. The molecule has 0 aliphatic heterocycles. The highest BCUT2D eigenvalue weighted by Crippen LogP contribution is 2.05. The van der Waals surface area contributed by atoms with E-state index < -0.39 is 0 Å². The minimum Gasteiger partial charge on any atom is -0.382 e. The van der Waals surface area contributed by atoms with Crippen molar-refractivity contribution >= 4 is 5.95 Å². The lowest BCUT2D eigenvalue weighted by Gasteiger charge is -2.10. The summed E-state index contributed by atoms with van der Waals surface area (Å²) in [5, 5.41) is 3.26. The fourth-order valence-corrected chi connectivity index (χ4v) is 1.62. The van der Waals surface area contributed by atoms with Crippen LogP contribution in [0.1, 0.15) is 13.3 Å². The van der Waals surface area contributed by atoms with Gasteiger partial charge in [-0.05, 0) is 13.3 Å². The van der Waals surface area contributed by atoms with Gasteiger partial charge >= 0.3 is 0 Å². The molecule has 6 heteroatoms. The van der Waals surface area contributed by atoms with Crippen LogP contribution >= 0.6 is 0 Å². The molecule has 0 saturated heterocycles. The molecule has 19 heavy (non-hydrogen) atoms. The van der Waals surface area contributed by atoms with Gasteiger partial charge in [0.05, 0.1) is 19.8 Å². The zero-order valence-corrected chi connectivity index (χ0v) is 11.9. The maximum Gasteiger partial charge on any atom is 0.202 e. The number of nitrogens with zero attached hydrogens (tertiary/aromatic N) is 2. The molecule has 0 saturated carbocycles. The third-order valence-corrected chi connectivity index (χ3v) is 2.57. The van der Waals surface area contributed by atoms with Crippen LogP contribution in [0.2, 0.25) is 0 Å². The van der Waals surface area contributed by atoms with Crippen LogP contribution in [0.3, 0.4) is 0 Å². The molecule has 0 amide bonds. The fourth-order valence-electron chi connectivity index (χ4n) is 1.62. The third kappa shape index (κ3) is 7.15. The van der Waals surface area contributed by atoms with Gasteiger partial charge in [-0.2, -0.15) is 0 Å². The molecule has 1 N–H and O–H groups in total. The average molecular weight is 271 g/mol. The standard InChI is InChI=1S/C13H25N3O3/c1-3-18-9-4-7-16-8-5-14-13(16)15-6-10-19-12-11-17-2/h5,8H,3-4,6-7,9-12H2,1-2H3,(H,14,15). The zero-order valence-electron chi connectivity index (χ0n) is 11.9. The summed E-state index contributed by atoms with van der Waals surface area (Å²) in [4.78, 5) is 4.28. The largest absolute Gasteiger partial charge is 0.382 e. The second kappa shape index (κ2) is 10.8. The molecule has 0 fully saturated rings. The van der Waals surface area contributed by atoms with Crippen molar-refractivity contribution in [2.75, 3.05) is 52.0 Å². The molecule has 0 atom stereocenters. The number of nitrogens with one attached hydrogen (secondary N) is 1. The van der Waals surface area contributed by atoms with E-state index in [0.29, 0.717) is 19.8 Å². The molecule has 110 valence electrons. The molecule has 0 aromatic carbocycles.